The van der Waals surface area contributed by atoms with Crippen molar-refractivity contribution in [1.82, 2.24) is 4.72 Å². The SMILES string of the molecule is C[C@@](C#N)(NS(=O)(=O)c1ccccc1Cl)C1CC1. The predicted molar refractivity (Wildman–Crippen MR) is 68.5 cm³/mol. The first-order valence-electron chi connectivity index (χ1n) is 5.59. The molecule has 0 aliphatic heterocycles. The van der Waals surface area contributed by atoms with Gasteiger partial charge < -0.3 is 0 Å². The third-order valence-corrected chi connectivity index (χ3v) is 5.17. The summed E-state index contributed by atoms with van der Waals surface area (Å²) < 4.78 is 26.9. The van der Waals surface area contributed by atoms with E-state index in [0.29, 0.717) is 0 Å². The summed E-state index contributed by atoms with van der Waals surface area (Å²) in [5.41, 5.74) is -1.06. The van der Waals surface area contributed by atoms with Gasteiger partial charge >= 0.3 is 0 Å². The van der Waals surface area contributed by atoms with Crippen LogP contribution >= 0.6 is 11.6 Å². The third-order valence-electron chi connectivity index (χ3n) is 3.10. The molecule has 0 amide bonds. The molecule has 2 rings (SSSR count). The minimum absolute atomic E-state index is 0.00814. The van der Waals surface area contributed by atoms with E-state index in [9.17, 15) is 8.42 Å². The van der Waals surface area contributed by atoms with Crippen molar-refractivity contribution in [1.29, 1.82) is 5.26 Å². The minimum Gasteiger partial charge on any atom is -0.207 e. The number of sulfonamides is 1. The molecule has 0 heterocycles. The van der Waals surface area contributed by atoms with Gasteiger partial charge in [0.25, 0.3) is 0 Å². The summed E-state index contributed by atoms with van der Waals surface area (Å²) in [6.07, 6.45) is 1.74. The first-order chi connectivity index (χ1) is 8.39. The van der Waals surface area contributed by atoms with Gasteiger partial charge in [-0.25, -0.2) is 8.42 Å². The van der Waals surface area contributed by atoms with E-state index >= 15 is 0 Å². The Balaban J connectivity index is 2.34. The number of nitriles is 1. The van der Waals surface area contributed by atoms with E-state index in [1.807, 2.05) is 0 Å². The van der Waals surface area contributed by atoms with Gasteiger partial charge in [-0.15, -0.1) is 0 Å². The summed E-state index contributed by atoms with van der Waals surface area (Å²) in [5, 5.41) is 9.32. The van der Waals surface area contributed by atoms with Crippen molar-refractivity contribution in [3.63, 3.8) is 0 Å². The zero-order valence-corrected chi connectivity index (χ0v) is 11.4. The highest BCUT2D eigenvalue weighted by Crippen LogP contribution is 2.40. The van der Waals surface area contributed by atoms with E-state index in [4.69, 9.17) is 16.9 Å². The largest absolute Gasteiger partial charge is 0.243 e. The lowest BCUT2D eigenvalue weighted by Crippen LogP contribution is -2.46. The van der Waals surface area contributed by atoms with E-state index < -0.39 is 15.6 Å². The van der Waals surface area contributed by atoms with Gasteiger partial charge in [-0.05, 0) is 37.8 Å². The maximum Gasteiger partial charge on any atom is 0.243 e. The van der Waals surface area contributed by atoms with Crippen LogP contribution in [-0.2, 0) is 10.0 Å². The molecule has 1 aliphatic carbocycles. The number of nitrogens with zero attached hydrogens (tertiary/aromatic N) is 1. The number of rotatable bonds is 4. The van der Waals surface area contributed by atoms with Crippen molar-refractivity contribution in [3.8, 4) is 6.07 Å². The van der Waals surface area contributed by atoms with Crippen LogP contribution in [-0.4, -0.2) is 14.0 Å². The van der Waals surface area contributed by atoms with E-state index in [-0.39, 0.29) is 15.8 Å². The molecule has 1 aromatic rings. The lowest BCUT2D eigenvalue weighted by Gasteiger charge is -2.22. The number of hydrogen-bond donors (Lipinski definition) is 1. The molecule has 1 saturated carbocycles. The Bertz CT molecular complexity index is 605. The summed E-state index contributed by atoms with van der Waals surface area (Å²) in [6, 6.07) is 8.25. The van der Waals surface area contributed by atoms with Crippen LogP contribution in [0.15, 0.2) is 29.2 Å². The summed E-state index contributed by atoms with van der Waals surface area (Å²) in [4.78, 5) is 0.00814. The normalized spacial score (nSPS) is 18.9. The summed E-state index contributed by atoms with van der Waals surface area (Å²) in [7, 11) is -3.77. The van der Waals surface area contributed by atoms with Crippen molar-refractivity contribution >= 4 is 21.6 Å². The molecule has 96 valence electrons. The molecule has 0 bridgehead atoms. The molecule has 0 spiro atoms. The van der Waals surface area contributed by atoms with Crippen LogP contribution in [0.5, 0.6) is 0 Å². The lowest BCUT2D eigenvalue weighted by atomic mass is 10.0. The average Bonchev–Trinajstić information content (AvgIpc) is 3.12. The molecule has 1 aromatic carbocycles. The Labute approximate surface area is 112 Å². The Kier molecular flexibility index (Phi) is 3.37. The Morgan fingerprint density at radius 1 is 1.44 bits per heavy atom. The molecule has 1 atom stereocenters. The molecule has 1 N–H and O–H groups in total. The number of benzene rings is 1. The van der Waals surface area contributed by atoms with Gasteiger partial charge in [0.1, 0.15) is 10.4 Å². The molecule has 1 fully saturated rings. The molecule has 0 saturated heterocycles. The second-order valence-electron chi connectivity index (χ2n) is 4.62. The Morgan fingerprint density at radius 3 is 2.56 bits per heavy atom. The molecule has 1 aliphatic rings. The highest BCUT2D eigenvalue weighted by atomic mass is 35.5. The molecular weight excluding hydrogens is 272 g/mol. The number of hydrogen-bond acceptors (Lipinski definition) is 3. The molecule has 4 nitrogen and oxygen atoms in total. The van der Waals surface area contributed by atoms with Gasteiger partial charge in [0.05, 0.1) is 11.1 Å². The highest BCUT2D eigenvalue weighted by Gasteiger charge is 2.45. The van der Waals surface area contributed by atoms with Crippen molar-refractivity contribution in [2.45, 2.75) is 30.2 Å². The Hall–Kier alpha value is -1.09. The van der Waals surface area contributed by atoms with Gasteiger partial charge in [0.15, 0.2) is 0 Å². The third kappa shape index (κ3) is 2.51. The summed E-state index contributed by atoms with van der Waals surface area (Å²) >= 11 is 5.87. The number of halogens is 1. The van der Waals surface area contributed by atoms with Crippen LogP contribution < -0.4 is 4.72 Å². The van der Waals surface area contributed by atoms with Gasteiger partial charge in [0, 0.05) is 0 Å². The summed E-state index contributed by atoms with van der Waals surface area (Å²) in [6.45, 7) is 1.61. The monoisotopic (exact) mass is 284 g/mol. The van der Waals surface area contributed by atoms with E-state index in [1.54, 1.807) is 19.1 Å². The first kappa shape index (κ1) is 13.3. The van der Waals surface area contributed by atoms with Crippen molar-refractivity contribution in [2.24, 2.45) is 5.92 Å². The fourth-order valence-corrected chi connectivity index (χ4v) is 3.76. The highest BCUT2D eigenvalue weighted by molar-refractivity contribution is 7.89. The Morgan fingerprint density at radius 2 is 2.06 bits per heavy atom. The second kappa shape index (κ2) is 4.54. The van der Waals surface area contributed by atoms with Gasteiger partial charge in [-0.2, -0.15) is 9.98 Å². The predicted octanol–water partition coefficient (Wildman–Crippen LogP) is 2.31. The standard InChI is InChI=1S/C12H13ClN2O2S/c1-12(8-14,9-6-7-9)15-18(16,17)11-5-3-2-4-10(11)13/h2-5,9,15H,6-7H2,1H3/t12-/m0/s1. The summed E-state index contributed by atoms with van der Waals surface area (Å²) in [5.74, 6) is 0.0831. The molecule has 0 radical (unpaired) electrons. The average molecular weight is 285 g/mol. The van der Waals surface area contributed by atoms with Crippen molar-refractivity contribution in [3.05, 3.63) is 29.3 Å². The first-order valence-corrected chi connectivity index (χ1v) is 7.45. The van der Waals surface area contributed by atoms with Crippen LogP contribution in [0.25, 0.3) is 0 Å². The molecule has 18 heavy (non-hydrogen) atoms. The quantitative estimate of drug-likeness (QED) is 0.922. The second-order valence-corrected chi connectivity index (χ2v) is 6.68. The van der Waals surface area contributed by atoms with Crippen LogP contribution in [0.4, 0.5) is 0 Å². The molecular formula is C12H13ClN2O2S. The van der Waals surface area contributed by atoms with Gasteiger partial charge in [0.2, 0.25) is 10.0 Å². The molecule has 6 heteroatoms. The topological polar surface area (TPSA) is 70.0 Å². The van der Waals surface area contributed by atoms with Crippen LogP contribution in [0.1, 0.15) is 19.8 Å². The van der Waals surface area contributed by atoms with Crippen LogP contribution in [0.2, 0.25) is 5.02 Å². The van der Waals surface area contributed by atoms with E-state index in [0.717, 1.165) is 12.8 Å². The fraction of sp³-hybridized carbons (Fsp3) is 0.417. The van der Waals surface area contributed by atoms with Crippen LogP contribution in [0, 0.1) is 17.2 Å². The van der Waals surface area contributed by atoms with Gasteiger partial charge in [-0.1, -0.05) is 23.7 Å². The fourth-order valence-electron chi connectivity index (χ4n) is 1.85. The maximum atomic E-state index is 12.2. The number of nitrogens with one attached hydrogen (secondary N) is 1. The zero-order valence-electron chi connectivity index (χ0n) is 9.85. The van der Waals surface area contributed by atoms with Crippen molar-refractivity contribution < 1.29 is 8.42 Å². The smallest absolute Gasteiger partial charge is 0.207 e. The van der Waals surface area contributed by atoms with Crippen LogP contribution in [0.3, 0.4) is 0 Å². The zero-order chi connectivity index (χ0) is 13.4. The van der Waals surface area contributed by atoms with E-state index in [2.05, 4.69) is 10.8 Å². The maximum absolute atomic E-state index is 12.2. The lowest BCUT2D eigenvalue weighted by molar-refractivity contribution is 0.458. The molecule has 0 aromatic heterocycles. The van der Waals surface area contributed by atoms with Crippen molar-refractivity contribution in [2.75, 3.05) is 0 Å². The van der Waals surface area contributed by atoms with Gasteiger partial charge in [-0.3, -0.25) is 0 Å². The molecule has 0 unspecified atom stereocenters. The minimum atomic E-state index is -3.77. The van der Waals surface area contributed by atoms with E-state index in [1.165, 1.54) is 12.1 Å².